The van der Waals surface area contributed by atoms with Gasteiger partial charge in [0.15, 0.2) is 0 Å². The van der Waals surface area contributed by atoms with Crippen LogP contribution in [0.5, 0.6) is 5.75 Å². The van der Waals surface area contributed by atoms with E-state index in [1.165, 1.54) is 0 Å². The molecule has 1 heterocycles. The molecule has 0 aromatic heterocycles. The van der Waals surface area contributed by atoms with Gasteiger partial charge in [0.2, 0.25) is 0 Å². The normalized spacial score (nSPS) is 15.5. The fraction of sp³-hybridized carbons (Fsp3) is 0.250. The number of hydrogen-bond acceptors (Lipinski definition) is 3. The number of para-hydroxylation sites is 2. The SMILES string of the molecule is NN1CCOc2ccccc21. The maximum atomic E-state index is 5.70. The largest absolute Gasteiger partial charge is 0.489 e. The third-order valence-electron chi connectivity index (χ3n) is 1.76. The number of rotatable bonds is 0. The summed E-state index contributed by atoms with van der Waals surface area (Å²) in [7, 11) is 0. The summed E-state index contributed by atoms with van der Waals surface area (Å²) in [6.07, 6.45) is 0. The van der Waals surface area contributed by atoms with E-state index in [0.29, 0.717) is 6.61 Å². The van der Waals surface area contributed by atoms with E-state index in [2.05, 4.69) is 0 Å². The van der Waals surface area contributed by atoms with E-state index in [4.69, 9.17) is 10.6 Å². The predicted octanol–water partition coefficient (Wildman–Crippen LogP) is 0.759. The lowest BCUT2D eigenvalue weighted by Crippen LogP contribution is -2.38. The van der Waals surface area contributed by atoms with Gasteiger partial charge in [-0.15, -0.1) is 0 Å². The topological polar surface area (TPSA) is 38.5 Å². The van der Waals surface area contributed by atoms with E-state index in [0.717, 1.165) is 18.0 Å². The Bertz CT molecular complexity index is 262. The van der Waals surface area contributed by atoms with Crippen LogP contribution in [0.25, 0.3) is 0 Å². The van der Waals surface area contributed by atoms with Crippen molar-refractivity contribution in [2.24, 2.45) is 5.84 Å². The van der Waals surface area contributed by atoms with Gasteiger partial charge in [0.25, 0.3) is 0 Å². The second-order valence-corrected chi connectivity index (χ2v) is 2.51. The molecule has 58 valence electrons. The van der Waals surface area contributed by atoms with Gasteiger partial charge >= 0.3 is 0 Å². The molecule has 0 fully saturated rings. The molecule has 0 amide bonds. The lowest BCUT2D eigenvalue weighted by Gasteiger charge is -2.26. The number of hydrogen-bond donors (Lipinski definition) is 1. The van der Waals surface area contributed by atoms with Crippen molar-refractivity contribution in [3.8, 4) is 5.75 Å². The Labute approximate surface area is 65.3 Å². The van der Waals surface area contributed by atoms with Gasteiger partial charge in [0.05, 0.1) is 12.2 Å². The molecule has 0 saturated carbocycles. The number of anilines is 1. The van der Waals surface area contributed by atoms with E-state index < -0.39 is 0 Å². The second kappa shape index (κ2) is 2.43. The van der Waals surface area contributed by atoms with Gasteiger partial charge in [-0.05, 0) is 12.1 Å². The van der Waals surface area contributed by atoms with E-state index in [1.54, 1.807) is 5.01 Å². The fourth-order valence-corrected chi connectivity index (χ4v) is 1.19. The number of nitrogens with two attached hydrogens (primary N) is 1. The zero-order valence-corrected chi connectivity index (χ0v) is 6.16. The van der Waals surface area contributed by atoms with Gasteiger partial charge in [0.1, 0.15) is 12.4 Å². The average molecular weight is 150 g/mol. The number of benzene rings is 1. The molecule has 0 aliphatic carbocycles. The minimum Gasteiger partial charge on any atom is -0.489 e. The van der Waals surface area contributed by atoms with Crippen LogP contribution in [0.2, 0.25) is 0 Å². The van der Waals surface area contributed by atoms with Gasteiger partial charge in [-0.2, -0.15) is 0 Å². The van der Waals surface area contributed by atoms with E-state index in [-0.39, 0.29) is 0 Å². The molecule has 1 aromatic rings. The first-order chi connectivity index (χ1) is 5.38. The molecular formula is C8H10N2O. The van der Waals surface area contributed by atoms with E-state index >= 15 is 0 Å². The summed E-state index contributed by atoms with van der Waals surface area (Å²) in [6, 6.07) is 7.77. The van der Waals surface area contributed by atoms with Crippen LogP contribution in [0.3, 0.4) is 0 Å². The fourth-order valence-electron chi connectivity index (χ4n) is 1.19. The molecule has 2 rings (SSSR count). The highest BCUT2D eigenvalue weighted by molar-refractivity contribution is 5.58. The molecule has 0 saturated heterocycles. The Balaban J connectivity index is 2.44. The zero-order valence-electron chi connectivity index (χ0n) is 6.16. The van der Waals surface area contributed by atoms with Gasteiger partial charge in [-0.1, -0.05) is 12.1 Å². The van der Waals surface area contributed by atoms with Crippen LogP contribution in [0.15, 0.2) is 24.3 Å². The van der Waals surface area contributed by atoms with Crippen LogP contribution in [-0.2, 0) is 0 Å². The lowest BCUT2D eigenvalue weighted by atomic mass is 10.2. The molecule has 2 N–H and O–H groups in total. The molecule has 3 heteroatoms. The van der Waals surface area contributed by atoms with Crippen molar-refractivity contribution >= 4 is 5.69 Å². The van der Waals surface area contributed by atoms with Crippen molar-refractivity contribution in [1.29, 1.82) is 0 Å². The first-order valence-electron chi connectivity index (χ1n) is 3.62. The molecule has 0 spiro atoms. The van der Waals surface area contributed by atoms with Crippen LogP contribution >= 0.6 is 0 Å². The molecule has 3 nitrogen and oxygen atoms in total. The monoisotopic (exact) mass is 150 g/mol. The van der Waals surface area contributed by atoms with Crippen LogP contribution in [0, 0.1) is 0 Å². The minimum absolute atomic E-state index is 0.674. The van der Waals surface area contributed by atoms with Crippen molar-refractivity contribution in [2.45, 2.75) is 0 Å². The van der Waals surface area contributed by atoms with E-state index in [9.17, 15) is 0 Å². The highest BCUT2D eigenvalue weighted by atomic mass is 16.5. The standard InChI is InChI=1S/C8H10N2O/c9-10-5-6-11-8-4-2-1-3-7(8)10/h1-4H,5-6,9H2. The molecular weight excluding hydrogens is 140 g/mol. The molecule has 1 aliphatic rings. The number of nitrogens with zero attached hydrogens (tertiary/aromatic N) is 1. The number of ether oxygens (including phenoxy) is 1. The molecule has 0 radical (unpaired) electrons. The van der Waals surface area contributed by atoms with Crippen LogP contribution in [-0.4, -0.2) is 13.2 Å². The van der Waals surface area contributed by atoms with Gasteiger partial charge < -0.3 is 9.75 Å². The Morgan fingerprint density at radius 1 is 1.36 bits per heavy atom. The molecule has 1 aliphatic heterocycles. The molecule has 1 aromatic carbocycles. The maximum absolute atomic E-state index is 5.70. The molecule has 0 bridgehead atoms. The van der Waals surface area contributed by atoms with Crippen molar-refractivity contribution in [3.05, 3.63) is 24.3 Å². The Hall–Kier alpha value is -1.22. The molecule has 0 atom stereocenters. The summed E-state index contributed by atoms with van der Waals surface area (Å²) in [5, 5.41) is 1.71. The van der Waals surface area contributed by atoms with E-state index in [1.807, 2.05) is 24.3 Å². The van der Waals surface area contributed by atoms with Crippen LogP contribution in [0.1, 0.15) is 0 Å². The summed E-state index contributed by atoms with van der Waals surface area (Å²) in [5.74, 6) is 6.58. The zero-order chi connectivity index (χ0) is 7.68. The van der Waals surface area contributed by atoms with Crippen LogP contribution in [0.4, 0.5) is 5.69 Å². The Morgan fingerprint density at radius 2 is 2.18 bits per heavy atom. The Morgan fingerprint density at radius 3 is 3.00 bits per heavy atom. The summed E-state index contributed by atoms with van der Waals surface area (Å²) in [5.41, 5.74) is 0.971. The van der Waals surface area contributed by atoms with Gasteiger partial charge in [0, 0.05) is 0 Å². The summed E-state index contributed by atoms with van der Waals surface area (Å²) >= 11 is 0. The predicted molar refractivity (Wildman–Crippen MR) is 43.5 cm³/mol. The average Bonchev–Trinajstić information content (AvgIpc) is 2.06. The quantitative estimate of drug-likeness (QED) is 0.555. The summed E-state index contributed by atoms with van der Waals surface area (Å²) < 4.78 is 5.37. The minimum atomic E-state index is 0.674. The van der Waals surface area contributed by atoms with Crippen LogP contribution < -0.4 is 15.6 Å². The highest BCUT2D eigenvalue weighted by Crippen LogP contribution is 2.28. The Kier molecular flexibility index (Phi) is 1.43. The maximum Gasteiger partial charge on any atom is 0.144 e. The molecule has 11 heavy (non-hydrogen) atoms. The lowest BCUT2D eigenvalue weighted by molar-refractivity contribution is 0.308. The first-order valence-corrected chi connectivity index (χ1v) is 3.62. The molecule has 0 unspecified atom stereocenters. The summed E-state index contributed by atoms with van der Waals surface area (Å²) in [6.45, 7) is 1.44. The highest BCUT2D eigenvalue weighted by Gasteiger charge is 2.12. The smallest absolute Gasteiger partial charge is 0.144 e. The van der Waals surface area contributed by atoms with Crippen molar-refractivity contribution in [1.82, 2.24) is 0 Å². The van der Waals surface area contributed by atoms with Gasteiger partial charge in [-0.3, -0.25) is 0 Å². The first kappa shape index (κ1) is 6.49. The van der Waals surface area contributed by atoms with Crippen molar-refractivity contribution in [3.63, 3.8) is 0 Å². The number of fused-ring (bicyclic) bond motifs is 1. The summed E-state index contributed by atoms with van der Waals surface area (Å²) in [4.78, 5) is 0. The number of hydrazine groups is 1. The second-order valence-electron chi connectivity index (χ2n) is 2.51. The third kappa shape index (κ3) is 1.03. The van der Waals surface area contributed by atoms with Crippen molar-refractivity contribution in [2.75, 3.05) is 18.2 Å². The van der Waals surface area contributed by atoms with Crippen molar-refractivity contribution < 1.29 is 4.74 Å². The van der Waals surface area contributed by atoms with Gasteiger partial charge in [-0.25, -0.2) is 5.84 Å². The third-order valence-corrected chi connectivity index (χ3v) is 1.76.